The van der Waals surface area contributed by atoms with E-state index in [0.717, 1.165) is 11.6 Å². The number of rotatable bonds is 6. The Morgan fingerprint density at radius 1 is 1.20 bits per heavy atom. The molecule has 0 aliphatic carbocycles. The van der Waals surface area contributed by atoms with Crippen molar-refractivity contribution < 1.29 is 4.74 Å². The van der Waals surface area contributed by atoms with Gasteiger partial charge in [0.2, 0.25) is 0 Å². The SMILES string of the molecule is COCCNC(c1nccs1)c1cc(C)c(C)cc1C. The fourth-order valence-electron chi connectivity index (χ4n) is 2.31. The number of benzene rings is 1. The highest BCUT2D eigenvalue weighted by Gasteiger charge is 2.18. The summed E-state index contributed by atoms with van der Waals surface area (Å²) in [7, 11) is 1.72. The van der Waals surface area contributed by atoms with E-state index in [1.165, 1.54) is 22.3 Å². The van der Waals surface area contributed by atoms with Gasteiger partial charge in [-0.1, -0.05) is 12.1 Å². The molecule has 2 rings (SSSR count). The van der Waals surface area contributed by atoms with Crippen LogP contribution in [0, 0.1) is 20.8 Å². The number of nitrogens with zero attached hydrogens (tertiary/aromatic N) is 1. The Morgan fingerprint density at radius 2 is 1.95 bits per heavy atom. The maximum Gasteiger partial charge on any atom is 0.114 e. The lowest BCUT2D eigenvalue weighted by atomic mass is 9.96. The van der Waals surface area contributed by atoms with E-state index in [1.54, 1.807) is 18.4 Å². The van der Waals surface area contributed by atoms with Crippen molar-refractivity contribution in [1.29, 1.82) is 0 Å². The topological polar surface area (TPSA) is 34.1 Å². The van der Waals surface area contributed by atoms with Crippen LogP contribution < -0.4 is 5.32 Å². The van der Waals surface area contributed by atoms with E-state index in [4.69, 9.17) is 4.74 Å². The molecule has 1 aromatic carbocycles. The van der Waals surface area contributed by atoms with E-state index < -0.39 is 0 Å². The lowest BCUT2D eigenvalue weighted by Gasteiger charge is -2.20. The first-order chi connectivity index (χ1) is 9.63. The van der Waals surface area contributed by atoms with E-state index in [1.807, 2.05) is 11.6 Å². The van der Waals surface area contributed by atoms with Crippen LogP contribution in [0.25, 0.3) is 0 Å². The van der Waals surface area contributed by atoms with Gasteiger partial charge in [-0.2, -0.15) is 0 Å². The third-order valence-electron chi connectivity index (χ3n) is 3.55. The first kappa shape index (κ1) is 15.2. The van der Waals surface area contributed by atoms with Crippen molar-refractivity contribution in [2.24, 2.45) is 0 Å². The Bertz CT molecular complexity index is 552. The summed E-state index contributed by atoms with van der Waals surface area (Å²) in [5.74, 6) is 0. The highest BCUT2D eigenvalue weighted by molar-refractivity contribution is 7.09. The predicted octanol–water partition coefficient (Wildman–Crippen LogP) is 3.39. The molecule has 0 bridgehead atoms. The zero-order valence-electron chi connectivity index (χ0n) is 12.6. The Kier molecular flexibility index (Phi) is 5.29. The van der Waals surface area contributed by atoms with Crippen LogP contribution in [-0.4, -0.2) is 25.2 Å². The van der Waals surface area contributed by atoms with Crippen LogP contribution in [-0.2, 0) is 4.74 Å². The Morgan fingerprint density at radius 3 is 2.60 bits per heavy atom. The summed E-state index contributed by atoms with van der Waals surface area (Å²) in [6.45, 7) is 7.99. The average molecular weight is 290 g/mol. The largest absolute Gasteiger partial charge is 0.383 e. The van der Waals surface area contributed by atoms with Gasteiger partial charge < -0.3 is 10.1 Å². The molecule has 1 N–H and O–H groups in total. The summed E-state index contributed by atoms with van der Waals surface area (Å²) in [4.78, 5) is 4.48. The quantitative estimate of drug-likeness (QED) is 0.828. The Hall–Kier alpha value is -1.23. The van der Waals surface area contributed by atoms with Crippen molar-refractivity contribution in [2.75, 3.05) is 20.3 Å². The molecule has 20 heavy (non-hydrogen) atoms. The van der Waals surface area contributed by atoms with Crippen LogP contribution in [0.1, 0.15) is 33.3 Å². The standard InChI is InChI=1S/C16H22N2OS/c1-11-9-13(3)14(10-12(11)2)15(17-5-7-19-4)16-18-6-8-20-16/h6,8-10,15,17H,5,7H2,1-4H3. The number of aryl methyl sites for hydroxylation is 3. The maximum atomic E-state index is 5.14. The third kappa shape index (κ3) is 3.45. The van der Waals surface area contributed by atoms with Gasteiger partial charge in [0.1, 0.15) is 5.01 Å². The normalized spacial score (nSPS) is 12.6. The number of thiazole rings is 1. The summed E-state index contributed by atoms with van der Waals surface area (Å²) in [5, 5.41) is 6.68. The van der Waals surface area contributed by atoms with Crippen LogP contribution in [0.15, 0.2) is 23.7 Å². The first-order valence-corrected chi connectivity index (χ1v) is 7.71. The van der Waals surface area contributed by atoms with Crippen LogP contribution in [0.3, 0.4) is 0 Å². The number of hydrogen-bond acceptors (Lipinski definition) is 4. The van der Waals surface area contributed by atoms with Gasteiger partial charge in [0, 0.05) is 25.2 Å². The van der Waals surface area contributed by atoms with Gasteiger partial charge >= 0.3 is 0 Å². The summed E-state index contributed by atoms with van der Waals surface area (Å²) in [6, 6.07) is 4.67. The van der Waals surface area contributed by atoms with Gasteiger partial charge in [-0.25, -0.2) is 4.98 Å². The van der Waals surface area contributed by atoms with Gasteiger partial charge in [-0.3, -0.25) is 0 Å². The molecular weight excluding hydrogens is 268 g/mol. The van der Waals surface area contributed by atoms with Crippen molar-refractivity contribution in [1.82, 2.24) is 10.3 Å². The molecule has 0 saturated carbocycles. The maximum absolute atomic E-state index is 5.14. The van der Waals surface area contributed by atoms with Gasteiger partial charge in [-0.15, -0.1) is 11.3 Å². The Labute approximate surface area is 125 Å². The molecule has 0 saturated heterocycles. The zero-order valence-corrected chi connectivity index (χ0v) is 13.4. The molecule has 108 valence electrons. The summed E-state index contributed by atoms with van der Waals surface area (Å²) < 4.78 is 5.14. The smallest absolute Gasteiger partial charge is 0.114 e. The lowest BCUT2D eigenvalue weighted by Crippen LogP contribution is -2.26. The minimum absolute atomic E-state index is 0.143. The molecule has 0 amide bonds. The third-order valence-corrected chi connectivity index (χ3v) is 4.39. The van der Waals surface area contributed by atoms with Crippen molar-refractivity contribution in [3.8, 4) is 0 Å². The molecule has 1 aromatic heterocycles. The molecule has 0 spiro atoms. The second kappa shape index (κ2) is 6.97. The average Bonchev–Trinajstić information content (AvgIpc) is 2.93. The molecule has 0 aliphatic rings. The zero-order chi connectivity index (χ0) is 14.5. The number of aromatic nitrogens is 1. The second-order valence-corrected chi connectivity index (χ2v) is 5.97. The molecule has 0 aliphatic heterocycles. The Balaban J connectivity index is 2.33. The number of hydrogen-bond donors (Lipinski definition) is 1. The molecule has 4 heteroatoms. The highest BCUT2D eigenvalue weighted by atomic mass is 32.1. The van der Waals surface area contributed by atoms with E-state index >= 15 is 0 Å². The molecule has 2 aromatic rings. The van der Waals surface area contributed by atoms with E-state index in [-0.39, 0.29) is 6.04 Å². The molecular formula is C16H22N2OS. The van der Waals surface area contributed by atoms with E-state index in [2.05, 4.69) is 43.2 Å². The summed E-state index contributed by atoms with van der Waals surface area (Å²) in [6.07, 6.45) is 1.86. The van der Waals surface area contributed by atoms with Crippen LogP contribution >= 0.6 is 11.3 Å². The van der Waals surface area contributed by atoms with Gasteiger partial charge in [-0.05, 0) is 43.0 Å². The van der Waals surface area contributed by atoms with Crippen molar-refractivity contribution in [3.63, 3.8) is 0 Å². The fraction of sp³-hybridized carbons (Fsp3) is 0.438. The van der Waals surface area contributed by atoms with Gasteiger partial charge in [0.05, 0.1) is 12.6 Å². The summed E-state index contributed by atoms with van der Waals surface area (Å²) in [5.41, 5.74) is 5.26. The van der Waals surface area contributed by atoms with Gasteiger partial charge in [0.25, 0.3) is 0 Å². The number of methoxy groups -OCH3 is 1. The highest BCUT2D eigenvalue weighted by Crippen LogP contribution is 2.28. The number of nitrogens with one attached hydrogen (secondary N) is 1. The van der Waals surface area contributed by atoms with Crippen LogP contribution in [0.2, 0.25) is 0 Å². The second-order valence-electron chi connectivity index (χ2n) is 5.04. The molecule has 1 heterocycles. The molecule has 3 nitrogen and oxygen atoms in total. The minimum Gasteiger partial charge on any atom is -0.383 e. The van der Waals surface area contributed by atoms with Crippen molar-refractivity contribution in [3.05, 3.63) is 51.0 Å². The number of ether oxygens (including phenoxy) is 1. The van der Waals surface area contributed by atoms with Gasteiger partial charge in [0.15, 0.2) is 0 Å². The monoisotopic (exact) mass is 290 g/mol. The molecule has 1 atom stereocenters. The summed E-state index contributed by atoms with van der Waals surface area (Å²) >= 11 is 1.69. The van der Waals surface area contributed by atoms with Crippen LogP contribution in [0.5, 0.6) is 0 Å². The minimum atomic E-state index is 0.143. The van der Waals surface area contributed by atoms with Crippen molar-refractivity contribution >= 4 is 11.3 Å². The molecule has 1 unspecified atom stereocenters. The van der Waals surface area contributed by atoms with E-state index in [0.29, 0.717) is 6.61 Å². The fourth-order valence-corrected chi connectivity index (χ4v) is 3.04. The first-order valence-electron chi connectivity index (χ1n) is 6.83. The molecule has 0 radical (unpaired) electrons. The lowest BCUT2D eigenvalue weighted by molar-refractivity contribution is 0.197. The predicted molar refractivity (Wildman–Crippen MR) is 84.5 cm³/mol. The van der Waals surface area contributed by atoms with E-state index in [9.17, 15) is 0 Å². The molecule has 0 fully saturated rings. The van der Waals surface area contributed by atoms with Crippen LogP contribution in [0.4, 0.5) is 0 Å². The van der Waals surface area contributed by atoms with Crippen molar-refractivity contribution in [2.45, 2.75) is 26.8 Å².